The van der Waals surface area contributed by atoms with Crippen LogP contribution < -0.4 is 16.4 Å². The second-order valence-electron chi connectivity index (χ2n) is 3.94. The summed E-state index contributed by atoms with van der Waals surface area (Å²) in [6.07, 6.45) is 1.99. The zero-order valence-electron chi connectivity index (χ0n) is 10.5. The molecule has 0 unspecified atom stereocenters. The zero-order valence-corrected chi connectivity index (χ0v) is 11.3. The van der Waals surface area contributed by atoms with E-state index >= 15 is 0 Å². The largest absolute Gasteiger partial charge is 0.399 e. The molecule has 0 aliphatic carbocycles. The number of benzene rings is 2. The molecule has 4 nitrogen and oxygen atoms in total. The van der Waals surface area contributed by atoms with E-state index in [1.54, 1.807) is 36.0 Å². The number of nitrogens with one attached hydrogen (secondary N) is 2. The van der Waals surface area contributed by atoms with Crippen LogP contribution in [0.2, 0.25) is 0 Å². The lowest BCUT2D eigenvalue weighted by Crippen LogP contribution is -2.19. The molecule has 0 atom stereocenters. The van der Waals surface area contributed by atoms with Crippen LogP contribution in [0.15, 0.2) is 53.4 Å². The van der Waals surface area contributed by atoms with Gasteiger partial charge in [-0.15, -0.1) is 11.8 Å². The van der Waals surface area contributed by atoms with Gasteiger partial charge in [-0.2, -0.15) is 0 Å². The normalized spacial score (nSPS) is 9.95. The Kier molecular flexibility index (Phi) is 4.30. The Morgan fingerprint density at radius 1 is 1.05 bits per heavy atom. The first-order valence-electron chi connectivity index (χ1n) is 5.75. The molecule has 0 aliphatic rings. The molecule has 0 saturated carbocycles. The third kappa shape index (κ3) is 3.93. The van der Waals surface area contributed by atoms with Crippen LogP contribution in [-0.2, 0) is 0 Å². The maximum Gasteiger partial charge on any atom is 0.323 e. The summed E-state index contributed by atoms with van der Waals surface area (Å²) in [6.45, 7) is 0. The number of carbonyl (C=O) groups excluding carboxylic acids is 1. The summed E-state index contributed by atoms with van der Waals surface area (Å²) in [5.41, 5.74) is 7.69. The van der Waals surface area contributed by atoms with Crippen molar-refractivity contribution >= 4 is 34.9 Å². The van der Waals surface area contributed by atoms with Crippen molar-refractivity contribution in [3.05, 3.63) is 48.5 Å². The Balaban J connectivity index is 2.01. The number of thioether (sulfide) groups is 1. The van der Waals surface area contributed by atoms with Crippen LogP contribution in [0, 0.1) is 0 Å². The highest BCUT2D eigenvalue weighted by Gasteiger charge is 2.03. The van der Waals surface area contributed by atoms with E-state index in [-0.39, 0.29) is 6.03 Å². The first-order chi connectivity index (χ1) is 9.17. The lowest BCUT2D eigenvalue weighted by Gasteiger charge is -2.08. The van der Waals surface area contributed by atoms with Crippen molar-refractivity contribution in [3.8, 4) is 0 Å². The number of hydrogen-bond acceptors (Lipinski definition) is 3. The fourth-order valence-electron chi connectivity index (χ4n) is 1.61. The molecular weight excluding hydrogens is 258 g/mol. The fraction of sp³-hybridized carbons (Fsp3) is 0.0714. The summed E-state index contributed by atoms with van der Waals surface area (Å²) in [6, 6.07) is 14.4. The van der Waals surface area contributed by atoms with Gasteiger partial charge in [0, 0.05) is 22.0 Å². The molecule has 0 heterocycles. The van der Waals surface area contributed by atoms with E-state index in [2.05, 4.69) is 10.6 Å². The van der Waals surface area contributed by atoms with Gasteiger partial charge in [0.1, 0.15) is 0 Å². The molecule has 0 aromatic heterocycles. The van der Waals surface area contributed by atoms with Gasteiger partial charge in [-0.1, -0.05) is 12.1 Å². The topological polar surface area (TPSA) is 67.2 Å². The lowest BCUT2D eigenvalue weighted by atomic mass is 10.3. The number of urea groups is 1. The van der Waals surface area contributed by atoms with E-state index in [4.69, 9.17) is 5.73 Å². The van der Waals surface area contributed by atoms with Gasteiger partial charge in [-0.25, -0.2) is 4.79 Å². The lowest BCUT2D eigenvalue weighted by molar-refractivity contribution is 0.262. The van der Waals surface area contributed by atoms with Crippen molar-refractivity contribution in [3.63, 3.8) is 0 Å². The van der Waals surface area contributed by atoms with Gasteiger partial charge in [-0.05, 0) is 42.7 Å². The van der Waals surface area contributed by atoms with Gasteiger partial charge in [0.15, 0.2) is 0 Å². The molecule has 2 aromatic rings. The molecule has 0 radical (unpaired) electrons. The van der Waals surface area contributed by atoms with E-state index in [9.17, 15) is 4.79 Å². The van der Waals surface area contributed by atoms with Gasteiger partial charge < -0.3 is 16.4 Å². The highest BCUT2D eigenvalue weighted by Crippen LogP contribution is 2.19. The Labute approximate surface area is 116 Å². The minimum atomic E-state index is -0.288. The molecule has 2 rings (SSSR count). The second-order valence-corrected chi connectivity index (χ2v) is 4.82. The van der Waals surface area contributed by atoms with E-state index < -0.39 is 0 Å². The van der Waals surface area contributed by atoms with Gasteiger partial charge in [0.25, 0.3) is 0 Å². The molecule has 2 aromatic carbocycles. The molecule has 0 aliphatic heterocycles. The van der Waals surface area contributed by atoms with Crippen molar-refractivity contribution in [1.82, 2.24) is 0 Å². The Bertz CT molecular complexity index is 586. The van der Waals surface area contributed by atoms with Crippen molar-refractivity contribution in [1.29, 1.82) is 0 Å². The van der Waals surface area contributed by atoms with Crippen molar-refractivity contribution in [2.45, 2.75) is 4.90 Å². The smallest absolute Gasteiger partial charge is 0.323 e. The van der Waals surface area contributed by atoms with E-state index in [0.29, 0.717) is 11.4 Å². The Morgan fingerprint density at radius 3 is 2.32 bits per heavy atom. The van der Waals surface area contributed by atoms with Crippen LogP contribution in [0.1, 0.15) is 0 Å². The van der Waals surface area contributed by atoms with Gasteiger partial charge >= 0.3 is 6.03 Å². The summed E-state index contributed by atoms with van der Waals surface area (Å²) in [7, 11) is 0. The first kappa shape index (κ1) is 13.3. The van der Waals surface area contributed by atoms with Crippen LogP contribution in [0.4, 0.5) is 21.9 Å². The molecule has 98 valence electrons. The molecule has 0 spiro atoms. The number of carbonyl (C=O) groups is 1. The first-order valence-corrected chi connectivity index (χ1v) is 6.97. The number of nitrogens with two attached hydrogens (primary N) is 1. The molecule has 0 fully saturated rings. The molecule has 0 bridgehead atoms. The number of anilines is 3. The predicted octanol–water partition coefficient (Wildman–Crippen LogP) is 3.63. The molecule has 5 heteroatoms. The van der Waals surface area contributed by atoms with Crippen molar-refractivity contribution in [2.24, 2.45) is 0 Å². The van der Waals surface area contributed by atoms with Gasteiger partial charge in [-0.3, -0.25) is 0 Å². The zero-order chi connectivity index (χ0) is 13.7. The number of amides is 2. The van der Waals surface area contributed by atoms with E-state index in [1.807, 2.05) is 30.5 Å². The average molecular weight is 273 g/mol. The summed E-state index contributed by atoms with van der Waals surface area (Å²) in [5, 5.41) is 5.51. The summed E-state index contributed by atoms with van der Waals surface area (Å²) in [4.78, 5) is 12.9. The van der Waals surface area contributed by atoms with E-state index in [1.165, 1.54) is 0 Å². The molecule has 4 N–H and O–H groups in total. The molecular formula is C14H15N3OS. The predicted molar refractivity (Wildman–Crippen MR) is 81.7 cm³/mol. The maximum absolute atomic E-state index is 11.8. The van der Waals surface area contributed by atoms with Crippen molar-refractivity contribution in [2.75, 3.05) is 22.6 Å². The van der Waals surface area contributed by atoms with E-state index in [0.717, 1.165) is 10.6 Å². The minimum Gasteiger partial charge on any atom is -0.399 e. The average Bonchev–Trinajstić information content (AvgIpc) is 2.38. The van der Waals surface area contributed by atoms with Crippen LogP contribution in [-0.4, -0.2) is 12.3 Å². The monoisotopic (exact) mass is 273 g/mol. The Hall–Kier alpha value is -2.14. The summed E-state index contributed by atoms with van der Waals surface area (Å²) in [5.74, 6) is 0. The highest BCUT2D eigenvalue weighted by molar-refractivity contribution is 7.98. The number of nitrogen functional groups attached to an aromatic ring is 1. The molecule has 0 saturated heterocycles. The van der Waals surface area contributed by atoms with Gasteiger partial charge in [0.2, 0.25) is 0 Å². The van der Waals surface area contributed by atoms with Crippen LogP contribution in [0.5, 0.6) is 0 Å². The molecule has 2 amide bonds. The van der Waals surface area contributed by atoms with Gasteiger partial charge in [0.05, 0.1) is 0 Å². The number of rotatable bonds is 3. The number of hydrogen-bond donors (Lipinski definition) is 3. The standard InChI is InChI=1S/C14H15N3OS/c1-19-13-7-3-6-12(9-13)17-14(18)16-11-5-2-4-10(15)8-11/h2-9H,15H2,1H3,(H2,16,17,18). The Morgan fingerprint density at radius 2 is 1.68 bits per heavy atom. The summed E-state index contributed by atoms with van der Waals surface area (Å²) < 4.78 is 0. The maximum atomic E-state index is 11.8. The van der Waals surface area contributed by atoms with Crippen LogP contribution in [0.3, 0.4) is 0 Å². The van der Waals surface area contributed by atoms with Crippen molar-refractivity contribution < 1.29 is 4.79 Å². The third-order valence-corrected chi connectivity index (χ3v) is 3.20. The highest BCUT2D eigenvalue weighted by atomic mass is 32.2. The summed E-state index contributed by atoms with van der Waals surface area (Å²) >= 11 is 1.63. The second kappa shape index (κ2) is 6.15. The van der Waals surface area contributed by atoms with Crippen LogP contribution >= 0.6 is 11.8 Å². The molecule has 19 heavy (non-hydrogen) atoms. The SMILES string of the molecule is CSc1cccc(NC(=O)Nc2cccc(N)c2)c1. The third-order valence-electron chi connectivity index (χ3n) is 2.47. The quantitative estimate of drug-likeness (QED) is 0.591. The fourth-order valence-corrected chi connectivity index (χ4v) is 2.07. The van der Waals surface area contributed by atoms with Crippen LogP contribution in [0.25, 0.3) is 0 Å². The minimum absolute atomic E-state index is 0.288.